The molecule has 0 bridgehead atoms. The van der Waals surface area contributed by atoms with Gasteiger partial charge in [0.1, 0.15) is 17.2 Å². The number of ether oxygens (including phenoxy) is 1. The average Bonchev–Trinajstić information content (AvgIpc) is 3.53. The number of esters is 1. The van der Waals surface area contributed by atoms with Gasteiger partial charge in [0.15, 0.2) is 5.65 Å². The van der Waals surface area contributed by atoms with Crippen LogP contribution in [0.3, 0.4) is 0 Å². The monoisotopic (exact) mass is 463 g/mol. The summed E-state index contributed by atoms with van der Waals surface area (Å²) in [5, 5.41) is 0. The second-order valence-corrected chi connectivity index (χ2v) is 9.01. The summed E-state index contributed by atoms with van der Waals surface area (Å²) < 4.78 is 13.7. The fraction of sp³-hybridized carbons (Fsp3) is 0.207. The number of nitrogens with zero attached hydrogens (tertiary/aromatic N) is 3. The number of fused-ring (bicyclic) bond motifs is 1. The third-order valence-corrected chi connectivity index (χ3v) is 6.23. The molecule has 0 radical (unpaired) electrons. The van der Waals surface area contributed by atoms with E-state index in [1.54, 1.807) is 0 Å². The van der Waals surface area contributed by atoms with Gasteiger partial charge in [0.2, 0.25) is 5.88 Å². The van der Waals surface area contributed by atoms with Crippen LogP contribution in [0.1, 0.15) is 54.2 Å². The molecule has 35 heavy (non-hydrogen) atoms. The highest BCUT2D eigenvalue weighted by Crippen LogP contribution is 2.41. The number of benzene rings is 2. The molecular formula is C29H25N3O3. The number of furan rings is 1. The van der Waals surface area contributed by atoms with E-state index in [9.17, 15) is 4.79 Å². The van der Waals surface area contributed by atoms with Crippen LogP contribution in [0.25, 0.3) is 16.9 Å². The number of carbonyl (C=O) groups is 1. The first kappa shape index (κ1) is 21.4. The van der Waals surface area contributed by atoms with Gasteiger partial charge in [-0.15, -0.1) is 0 Å². The van der Waals surface area contributed by atoms with E-state index in [-0.39, 0.29) is 0 Å². The summed E-state index contributed by atoms with van der Waals surface area (Å²) in [4.78, 5) is 22.0. The van der Waals surface area contributed by atoms with Gasteiger partial charge in [-0.2, -0.15) is 0 Å². The molecule has 1 aliphatic carbocycles. The van der Waals surface area contributed by atoms with E-state index in [4.69, 9.17) is 19.1 Å². The summed E-state index contributed by atoms with van der Waals surface area (Å²) in [6.07, 6.45) is 5.29. The summed E-state index contributed by atoms with van der Waals surface area (Å²) >= 11 is 0. The van der Waals surface area contributed by atoms with Crippen LogP contribution in [-0.4, -0.2) is 20.3 Å². The standard InChI is InChI=1S/C29H25N3O3/c1-19(33)34-29-25(17-23-14-15-27(35-23)22-12-13-22)31-28-24(16-20-8-4-2-5-9-20)30-26(18-32(28)29)21-10-6-3-7-11-21/h2-11,14-15,18,22H,12-13,16-17H2,1H3. The zero-order chi connectivity index (χ0) is 23.8. The molecule has 0 unspecified atom stereocenters. The summed E-state index contributed by atoms with van der Waals surface area (Å²) in [7, 11) is 0. The highest BCUT2D eigenvalue weighted by Gasteiger charge is 2.27. The Balaban J connectivity index is 1.50. The predicted octanol–water partition coefficient (Wildman–Crippen LogP) is 5.97. The molecule has 1 saturated carbocycles. The average molecular weight is 464 g/mol. The highest BCUT2D eigenvalue weighted by molar-refractivity contribution is 5.70. The first-order chi connectivity index (χ1) is 17.1. The lowest BCUT2D eigenvalue weighted by Crippen LogP contribution is -2.07. The fourth-order valence-corrected chi connectivity index (χ4v) is 4.39. The molecule has 174 valence electrons. The van der Waals surface area contributed by atoms with Gasteiger partial charge < -0.3 is 9.15 Å². The van der Waals surface area contributed by atoms with E-state index in [2.05, 4.69) is 12.1 Å². The molecule has 1 aliphatic rings. The van der Waals surface area contributed by atoms with Gasteiger partial charge in [0.05, 0.1) is 17.8 Å². The topological polar surface area (TPSA) is 69.6 Å². The second-order valence-electron chi connectivity index (χ2n) is 9.01. The molecule has 6 rings (SSSR count). The molecule has 0 atom stereocenters. The van der Waals surface area contributed by atoms with Crippen molar-refractivity contribution >= 4 is 11.6 Å². The van der Waals surface area contributed by atoms with Gasteiger partial charge in [0.25, 0.3) is 0 Å². The third kappa shape index (κ3) is 4.47. The molecule has 3 aromatic heterocycles. The zero-order valence-electron chi connectivity index (χ0n) is 19.5. The van der Waals surface area contributed by atoms with Gasteiger partial charge in [-0.05, 0) is 30.5 Å². The minimum absolute atomic E-state index is 0.395. The van der Waals surface area contributed by atoms with Gasteiger partial charge in [-0.1, -0.05) is 60.7 Å². The van der Waals surface area contributed by atoms with Crippen LogP contribution >= 0.6 is 0 Å². The summed E-state index contributed by atoms with van der Waals surface area (Å²) in [5.41, 5.74) is 5.04. The molecule has 6 heteroatoms. The number of imidazole rings is 1. The van der Waals surface area contributed by atoms with Crippen molar-refractivity contribution in [3.8, 4) is 17.1 Å². The summed E-state index contributed by atoms with van der Waals surface area (Å²) in [6.45, 7) is 1.41. The molecule has 3 heterocycles. The molecule has 1 fully saturated rings. The van der Waals surface area contributed by atoms with Crippen LogP contribution in [0, 0.1) is 0 Å². The van der Waals surface area contributed by atoms with Crippen LogP contribution in [0.15, 0.2) is 83.4 Å². The molecule has 5 aromatic rings. The van der Waals surface area contributed by atoms with E-state index in [1.165, 1.54) is 19.8 Å². The Kier molecular flexibility index (Phi) is 5.41. The smallest absolute Gasteiger partial charge is 0.309 e. The van der Waals surface area contributed by atoms with E-state index >= 15 is 0 Å². The van der Waals surface area contributed by atoms with Crippen molar-refractivity contribution in [2.75, 3.05) is 0 Å². The normalized spacial score (nSPS) is 13.3. The van der Waals surface area contributed by atoms with Crippen LogP contribution in [0.2, 0.25) is 0 Å². The number of aromatic nitrogens is 3. The summed E-state index contributed by atoms with van der Waals surface area (Å²) in [5.74, 6) is 2.38. The van der Waals surface area contributed by atoms with Crippen molar-refractivity contribution in [2.24, 2.45) is 0 Å². The Bertz CT molecular complexity index is 1500. The first-order valence-electron chi connectivity index (χ1n) is 11.9. The second kappa shape index (κ2) is 8.87. The molecule has 0 saturated heterocycles. The van der Waals surface area contributed by atoms with E-state index in [0.717, 1.165) is 34.0 Å². The van der Waals surface area contributed by atoms with E-state index < -0.39 is 5.97 Å². The Labute approximate surface area is 203 Å². The Hall–Kier alpha value is -4.19. The number of carbonyl (C=O) groups excluding carboxylic acids is 1. The lowest BCUT2D eigenvalue weighted by Gasteiger charge is -2.10. The van der Waals surface area contributed by atoms with Crippen LogP contribution in [0.4, 0.5) is 0 Å². The molecular weight excluding hydrogens is 438 g/mol. The van der Waals surface area contributed by atoms with Crippen molar-refractivity contribution in [3.05, 3.63) is 107 Å². The Morgan fingerprint density at radius 1 is 0.943 bits per heavy atom. The maximum absolute atomic E-state index is 12.1. The Morgan fingerprint density at radius 2 is 1.69 bits per heavy atom. The quantitative estimate of drug-likeness (QED) is 0.278. The SMILES string of the molecule is CC(=O)Oc1c(Cc2ccc(C3CC3)o2)nc2c(Cc3ccccc3)nc(-c3ccccc3)cn12. The fourth-order valence-electron chi connectivity index (χ4n) is 4.39. The molecule has 0 N–H and O–H groups in total. The maximum Gasteiger partial charge on any atom is 0.309 e. The number of hydrogen-bond donors (Lipinski definition) is 0. The van der Waals surface area contributed by atoms with Crippen LogP contribution in [0.5, 0.6) is 5.88 Å². The number of hydrogen-bond acceptors (Lipinski definition) is 5. The molecule has 6 nitrogen and oxygen atoms in total. The minimum Gasteiger partial charge on any atom is -0.465 e. The molecule has 2 aromatic carbocycles. The van der Waals surface area contributed by atoms with E-state index in [0.29, 0.717) is 36.0 Å². The Morgan fingerprint density at radius 3 is 2.40 bits per heavy atom. The van der Waals surface area contributed by atoms with Gasteiger partial charge in [-0.3, -0.25) is 9.20 Å². The third-order valence-electron chi connectivity index (χ3n) is 6.23. The van der Waals surface area contributed by atoms with Gasteiger partial charge >= 0.3 is 5.97 Å². The van der Waals surface area contributed by atoms with Crippen molar-refractivity contribution in [1.29, 1.82) is 0 Å². The lowest BCUT2D eigenvalue weighted by molar-refractivity contribution is -0.132. The van der Waals surface area contributed by atoms with Crippen molar-refractivity contribution in [1.82, 2.24) is 14.4 Å². The largest absolute Gasteiger partial charge is 0.465 e. The maximum atomic E-state index is 12.1. The van der Waals surface area contributed by atoms with Crippen LogP contribution < -0.4 is 4.74 Å². The van der Waals surface area contributed by atoms with Crippen molar-refractivity contribution < 1.29 is 13.9 Å². The van der Waals surface area contributed by atoms with Crippen molar-refractivity contribution in [2.45, 2.75) is 38.5 Å². The minimum atomic E-state index is -0.395. The van der Waals surface area contributed by atoms with Crippen molar-refractivity contribution in [3.63, 3.8) is 0 Å². The van der Waals surface area contributed by atoms with Gasteiger partial charge in [0, 0.05) is 31.0 Å². The van der Waals surface area contributed by atoms with Crippen LogP contribution in [-0.2, 0) is 17.6 Å². The number of rotatable bonds is 7. The molecule has 0 amide bonds. The zero-order valence-corrected chi connectivity index (χ0v) is 19.5. The molecule has 0 spiro atoms. The molecule has 0 aliphatic heterocycles. The lowest BCUT2D eigenvalue weighted by atomic mass is 10.1. The first-order valence-corrected chi connectivity index (χ1v) is 11.9. The summed E-state index contributed by atoms with van der Waals surface area (Å²) in [6, 6.07) is 24.2. The van der Waals surface area contributed by atoms with E-state index in [1.807, 2.05) is 71.3 Å². The highest BCUT2D eigenvalue weighted by atomic mass is 16.5. The predicted molar refractivity (Wildman–Crippen MR) is 132 cm³/mol. The van der Waals surface area contributed by atoms with Gasteiger partial charge in [-0.25, -0.2) is 9.97 Å².